The van der Waals surface area contributed by atoms with Gasteiger partial charge in [-0.3, -0.25) is 0 Å². The predicted molar refractivity (Wildman–Crippen MR) is 67.0 cm³/mol. The summed E-state index contributed by atoms with van der Waals surface area (Å²) in [7, 11) is 0. The number of nitrogens with one attached hydrogen (secondary N) is 1. The van der Waals surface area contributed by atoms with Crippen LogP contribution in [0.2, 0.25) is 0 Å². The largest absolute Gasteiger partial charge is 0.324 e. The van der Waals surface area contributed by atoms with Gasteiger partial charge in [-0.1, -0.05) is 39.5 Å². The van der Waals surface area contributed by atoms with Crippen molar-refractivity contribution in [1.29, 1.82) is 0 Å². The van der Waals surface area contributed by atoms with E-state index in [-0.39, 0.29) is 5.54 Å². The molecule has 0 aromatic heterocycles. The average Bonchev–Trinajstić information content (AvgIpc) is 2.54. The highest BCUT2D eigenvalue weighted by Crippen LogP contribution is 2.18. The van der Waals surface area contributed by atoms with E-state index in [0.717, 1.165) is 25.4 Å². The lowest BCUT2D eigenvalue weighted by Gasteiger charge is -2.29. The van der Waals surface area contributed by atoms with Crippen LogP contribution in [-0.4, -0.2) is 18.1 Å². The molecule has 0 heterocycles. The molecule has 0 aromatic rings. The third kappa shape index (κ3) is 4.52. The van der Waals surface area contributed by atoms with Gasteiger partial charge in [-0.2, -0.15) is 0 Å². The van der Waals surface area contributed by atoms with E-state index in [2.05, 4.69) is 19.2 Å². The van der Waals surface area contributed by atoms with E-state index < -0.39 is 0 Å². The highest BCUT2D eigenvalue weighted by atomic mass is 15.0. The first kappa shape index (κ1) is 13.0. The Balaban J connectivity index is 2.27. The van der Waals surface area contributed by atoms with Gasteiger partial charge >= 0.3 is 0 Å². The molecule has 0 atom stereocenters. The van der Waals surface area contributed by atoms with E-state index in [1.807, 2.05) is 0 Å². The summed E-state index contributed by atoms with van der Waals surface area (Å²) in [6.07, 6.45) is 10.5. The Kier molecular flexibility index (Phi) is 5.62. The van der Waals surface area contributed by atoms with E-state index in [1.54, 1.807) is 0 Å². The maximum absolute atomic E-state index is 6.29. The predicted octanol–water partition coefficient (Wildman–Crippen LogP) is 2.82. The Labute approximate surface area is 95.0 Å². The Morgan fingerprint density at radius 2 is 1.60 bits per heavy atom. The first-order chi connectivity index (χ1) is 7.20. The van der Waals surface area contributed by atoms with Crippen molar-refractivity contribution < 1.29 is 0 Å². The van der Waals surface area contributed by atoms with E-state index in [0.29, 0.717) is 0 Å². The third-order valence-corrected chi connectivity index (χ3v) is 4.01. The van der Waals surface area contributed by atoms with Crippen LogP contribution in [0.5, 0.6) is 0 Å². The van der Waals surface area contributed by atoms with E-state index in [1.165, 1.54) is 38.5 Å². The number of hydrogen-bond acceptors (Lipinski definition) is 2. The zero-order valence-electron chi connectivity index (χ0n) is 10.5. The Morgan fingerprint density at radius 1 is 1.07 bits per heavy atom. The monoisotopic (exact) mass is 212 g/mol. The van der Waals surface area contributed by atoms with Gasteiger partial charge in [-0.25, -0.2) is 0 Å². The molecule has 3 N–H and O–H groups in total. The summed E-state index contributed by atoms with van der Waals surface area (Å²) >= 11 is 0. The molecule has 0 spiro atoms. The van der Waals surface area contributed by atoms with Crippen molar-refractivity contribution in [2.24, 2.45) is 5.73 Å². The molecule has 0 saturated heterocycles. The van der Waals surface area contributed by atoms with Crippen molar-refractivity contribution in [3.05, 3.63) is 0 Å². The van der Waals surface area contributed by atoms with E-state index in [4.69, 9.17) is 5.73 Å². The number of hydrogen-bond donors (Lipinski definition) is 2. The fraction of sp³-hybridized carbons (Fsp3) is 1.00. The first-order valence-corrected chi connectivity index (χ1v) is 6.72. The second-order valence-corrected chi connectivity index (χ2v) is 5.14. The molecular formula is C13H28N2. The van der Waals surface area contributed by atoms with Crippen molar-refractivity contribution in [3.8, 4) is 0 Å². The standard InChI is InChI=1S/C13H28N2/c1-3-13(14,4-2)11-15-12-9-7-5-6-8-10-12/h12,15H,3-11,14H2,1-2H3. The quantitative estimate of drug-likeness (QED) is 0.688. The fourth-order valence-electron chi connectivity index (χ4n) is 2.33. The SMILES string of the molecule is CCC(N)(CC)CNC1CCCCCC1. The zero-order chi connectivity index (χ0) is 11.1. The lowest BCUT2D eigenvalue weighted by Crippen LogP contribution is -2.50. The van der Waals surface area contributed by atoms with Gasteiger partial charge in [0, 0.05) is 18.1 Å². The Morgan fingerprint density at radius 3 is 2.07 bits per heavy atom. The van der Waals surface area contributed by atoms with Gasteiger partial charge < -0.3 is 11.1 Å². The summed E-state index contributed by atoms with van der Waals surface area (Å²) in [5, 5.41) is 3.68. The average molecular weight is 212 g/mol. The molecular weight excluding hydrogens is 184 g/mol. The van der Waals surface area contributed by atoms with Crippen molar-refractivity contribution in [3.63, 3.8) is 0 Å². The third-order valence-electron chi connectivity index (χ3n) is 4.01. The molecule has 1 saturated carbocycles. The molecule has 0 amide bonds. The van der Waals surface area contributed by atoms with Gasteiger partial charge in [0.15, 0.2) is 0 Å². The number of rotatable bonds is 5. The molecule has 0 radical (unpaired) electrons. The fourth-order valence-corrected chi connectivity index (χ4v) is 2.33. The lowest BCUT2D eigenvalue weighted by atomic mass is 9.93. The van der Waals surface area contributed by atoms with Crippen molar-refractivity contribution in [2.75, 3.05) is 6.54 Å². The second-order valence-electron chi connectivity index (χ2n) is 5.14. The zero-order valence-corrected chi connectivity index (χ0v) is 10.5. The first-order valence-electron chi connectivity index (χ1n) is 6.72. The lowest BCUT2D eigenvalue weighted by molar-refractivity contribution is 0.334. The molecule has 2 nitrogen and oxygen atoms in total. The van der Waals surface area contributed by atoms with Crippen LogP contribution in [-0.2, 0) is 0 Å². The van der Waals surface area contributed by atoms with Gasteiger partial charge in [0.2, 0.25) is 0 Å². The minimum Gasteiger partial charge on any atom is -0.324 e. The summed E-state index contributed by atoms with van der Waals surface area (Å²) < 4.78 is 0. The summed E-state index contributed by atoms with van der Waals surface area (Å²) in [5.74, 6) is 0. The van der Waals surface area contributed by atoms with Crippen molar-refractivity contribution in [1.82, 2.24) is 5.32 Å². The topological polar surface area (TPSA) is 38.0 Å². The normalized spacial score (nSPS) is 20.2. The van der Waals surface area contributed by atoms with E-state index in [9.17, 15) is 0 Å². The highest BCUT2D eigenvalue weighted by molar-refractivity contribution is 4.85. The van der Waals surface area contributed by atoms with Crippen LogP contribution in [0.4, 0.5) is 0 Å². The molecule has 0 bridgehead atoms. The minimum atomic E-state index is 0.0201. The molecule has 1 aliphatic carbocycles. The Hall–Kier alpha value is -0.0800. The molecule has 0 unspecified atom stereocenters. The van der Waals surface area contributed by atoms with Gasteiger partial charge in [0.25, 0.3) is 0 Å². The van der Waals surface area contributed by atoms with Crippen LogP contribution in [0.3, 0.4) is 0 Å². The van der Waals surface area contributed by atoms with Crippen molar-refractivity contribution in [2.45, 2.75) is 76.8 Å². The summed E-state index contributed by atoms with van der Waals surface area (Å²) in [5.41, 5.74) is 6.31. The van der Waals surface area contributed by atoms with Crippen molar-refractivity contribution >= 4 is 0 Å². The smallest absolute Gasteiger partial charge is 0.0275 e. The molecule has 1 fully saturated rings. The molecule has 1 rings (SSSR count). The van der Waals surface area contributed by atoms with Gasteiger partial charge in [-0.05, 0) is 25.7 Å². The van der Waals surface area contributed by atoms with Crippen LogP contribution < -0.4 is 11.1 Å². The maximum Gasteiger partial charge on any atom is 0.0275 e. The van der Waals surface area contributed by atoms with Gasteiger partial charge in [0.1, 0.15) is 0 Å². The Bertz CT molecular complexity index is 156. The summed E-state index contributed by atoms with van der Waals surface area (Å²) in [4.78, 5) is 0. The van der Waals surface area contributed by atoms with Crippen LogP contribution >= 0.6 is 0 Å². The van der Waals surface area contributed by atoms with Crippen LogP contribution in [0.25, 0.3) is 0 Å². The highest BCUT2D eigenvalue weighted by Gasteiger charge is 2.21. The van der Waals surface area contributed by atoms with Crippen LogP contribution in [0, 0.1) is 0 Å². The molecule has 0 aliphatic heterocycles. The van der Waals surface area contributed by atoms with Crippen LogP contribution in [0.1, 0.15) is 65.2 Å². The summed E-state index contributed by atoms with van der Waals surface area (Å²) in [6, 6.07) is 0.730. The van der Waals surface area contributed by atoms with Crippen LogP contribution in [0.15, 0.2) is 0 Å². The minimum absolute atomic E-state index is 0.0201. The molecule has 0 aromatic carbocycles. The maximum atomic E-state index is 6.29. The molecule has 2 heteroatoms. The summed E-state index contributed by atoms with van der Waals surface area (Å²) in [6.45, 7) is 5.38. The van der Waals surface area contributed by atoms with Gasteiger partial charge in [-0.15, -0.1) is 0 Å². The second kappa shape index (κ2) is 6.49. The molecule has 15 heavy (non-hydrogen) atoms. The number of nitrogens with two attached hydrogens (primary N) is 1. The van der Waals surface area contributed by atoms with E-state index >= 15 is 0 Å². The van der Waals surface area contributed by atoms with Gasteiger partial charge in [0.05, 0.1) is 0 Å². The molecule has 90 valence electrons. The molecule has 1 aliphatic rings.